The minimum atomic E-state index is -3.97. The summed E-state index contributed by atoms with van der Waals surface area (Å²) in [5.74, 6) is 0. The third kappa shape index (κ3) is 2.74. The quantitative estimate of drug-likeness (QED) is 0.587. The number of aromatic nitrogens is 1. The maximum absolute atomic E-state index is 11.2. The molecule has 22 heavy (non-hydrogen) atoms. The predicted octanol–water partition coefficient (Wildman–Crippen LogP) is 3.32. The molecule has 3 aromatic rings. The van der Waals surface area contributed by atoms with E-state index in [-0.39, 0.29) is 0 Å². The van der Waals surface area contributed by atoms with Crippen LogP contribution in [0.5, 0.6) is 0 Å². The van der Waals surface area contributed by atoms with E-state index in [0.717, 1.165) is 10.5 Å². The molecule has 1 unspecified atom stereocenters. The second-order valence-corrected chi connectivity index (χ2v) is 8.59. The summed E-state index contributed by atoms with van der Waals surface area (Å²) in [6.45, 7) is 4.15. The first-order valence-electron chi connectivity index (χ1n) is 7.15. The SMILES string of the molecule is Cc1sc2ccc3ccccc3c2[n+]1CCC(C)S(=O)(=O)O. The Morgan fingerprint density at radius 1 is 1.23 bits per heavy atom. The minimum Gasteiger partial charge on any atom is -0.285 e. The molecular formula is C16H18NO3S2+. The second-order valence-electron chi connectivity index (χ2n) is 5.52. The second kappa shape index (κ2) is 5.61. The van der Waals surface area contributed by atoms with E-state index in [1.54, 1.807) is 11.3 Å². The summed E-state index contributed by atoms with van der Waals surface area (Å²) in [6.07, 6.45) is 0.388. The molecule has 0 radical (unpaired) electrons. The van der Waals surface area contributed by atoms with Crippen LogP contribution in [0.25, 0.3) is 21.0 Å². The number of aryl methyl sites for hydroxylation is 2. The van der Waals surface area contributed by atoms with E-state index in [1.165, 1.54) is 22.4 Å². The van der Waals surface area contributed by atoms with Gasteiger partial charge in [-0.05, 0) is 24.4 Å². The fourth-order valence-corrected chi connectivity index (χ4v) is 4.16. The zero-order valence-corrected chi connectivity index (χ0v) is 14.1. The van der Waals surface area contributed by atoms with Gasteiger partial charge in [-0.3, -0.25) is 4.55 Å². The third-order valence-corrected chi connectivity index (χ3v) is 6.36. The maximum Gasteiger partial charge on any atom is 0.267 e. The van der Waals surface area contributed by atoms with Crippen LogP contribution in [0.3, 0.4) is 0 Å². The van der Waals surface area contributed by atoms with Crippen LogP contribution in [0.4, 0.5) is 0 Å². The average molecular weight is 336 g/mol. The van der Waals surface area contributed by atoms with Gasteiger partial charge >= 0.3 is 0 Å². The van der Waals surface area contributed by atoms with Crippen LogP contribution >= 0.6 is 11.3 Å². The van der Waals surface area contributed by atoms with Gasteiger partial charge in [0.1, 0.15) is 4.70 Å². The topological polar surface area (TPSA) is 58.2 Å². The maximum atomic E-state index is 11.2. The summed E-state index contributed by atoms with van der Waals surface area (Å²) in [5, 5.41) is 2.71. The summed E-state index contributed by atoms with van der Waals surface area (Å²) >= 11 is 1.70. The Morgan fingerprint density at radius 2 is 1.95 bits per heavy atom. The van der Waals surface area contributed by atoms with Crippen LogP contribution in [0.2, 0.25) is 0 Å². The van der Waals surface area contributed by atoms with Gasteiger partial charge in [0.05, 0.1) is 10.6 Å². The molecule has 116 valence electrons. The Morgan fingerprint density at radius 3 is 2.68 bits per heavy atom. The van der Waals surface area contributed by atoms with Gasteiger partial charge in [-0.15, -0.1) is 0 Å². The number of fused-ring (bicyclic) bond motifs is 3. The molecule has 1 N–H and O–H groups in total. The summed E-state index contributed by atoms with van der Waals surface area (Å²) in [4.78, 5) is 0. The number of hydrogen-bond acceptors (Lipinski definition) is 3. The van der Waals surface area contributed by atoms with Gasteiger partial charge in [0.2, 0.25) is 10.5 Å². The summed E-state index contributed by atoms with van der Waals surface area (Å²) in [5.41, 5.74) is 1.14. The van der Waals surface area contributed by atoms with Crippen molar-refractivity contribution in [2.75, 3.05) is 0 Å². The molecule has 3 rings (SSSR count). The molecule has 1 aromatic heterocycles. The van der Waals surface area contributed by atoms with Crippen molar-refractivity contribution in [3.05, 3.63) is 41.4 Å². The summed E-state index contributed by atoms with van der Waals surface area (Å²) in [7, 11) is -3.97. The Bertz CT molecular complexity index is 945. The zero-order valence-electron chi connectivity index (χ0n) is 12.5. The largest absolute Gasteiger partial charge is 0.285 e. The van der Waals surface area contributed by atoms with Gasteiger partial charge in [0, 0.05) is 13.3 Å². The van der Waals surface area contributed by atoms with Crippen molar-refractivity contribution in [1.82, 2.24) is 0 Å². The van der Waals surface area contributed by atoms with Crippen LogP contribution in [0.15, 0.2) is 36.4 Å². The fourth-order valence-electron chi connectivity index (χ4n) is 2.70. The van der Waals surface area contributed by atoms with Crippen molar-refractivity contribution >= 4 is 42.4 Å². The van der Waals surface area contributed by atoms with Crippen LogP contribution in [-0.4, -0.2) is 18.2 Å². The highest BCUT2D eigenvalue weighted by Gasteiger charge is 2.24. The lowest BCUT2D eigenvalue weighted by molar-refractivity contribution is -0.672. The highest BCUT2D eigenvalue weighted by molar-refractivity contribution is 7.86. The molecule has 0 aliphatic carbocycles. The van der Waals surface area contributed by atoms with Crippen molar-refractivity contribution in [3.63, 3.8) is 0 Å². The van der Waals surface area contributed by atoms with E-state index in [2.05, 4.69) is 28.8 Å². The van der Waals surface area contributed by atoms with E-state index in [4.69, 9.17) is 4.55 Å². The number of thiazole rings is 1. The lowest BCUT2D eigenvalue weighted by atomic mass is 10.1. The summed E-state index contributed by atoms with van der Waals surface area (Å²) in [6, 6.07) is 12.4. The standard InChI is InChI=1S/C16H17NO3S2/c1-11(22(18,19)20)9-10-17-12(2)21-15-8-7-13-5-3-4-6-14(13)16(15)17/h3-8,11H,9-10H2,1-2H3/p+1. The van der Waals surface area contributed by atoms with E-state index < -0.39 is 15.4 Å². The van der Waals surface area contributed by atoms with Crippen LogP contribution in [0, 0.1) is 6.92 Å². The lowest BCUT2D eigenvalue weighted by Crippen LogP contribution is -2.37. The Hall–Kier alpha value is -1.50. The predicted molar refractivity (Wildman–Crippen MR) is 89.9 cm³/mol. The van der Waals surface area contributed by atoms with Crippen molar-refractivity contribution in [3.8, 4) is 0 Å². The first-order valence-corrected chi connectivity index (χ1v) is 9.47. The van der Waals surface area contributed by atoms with Gasteiger partial charge in [-0.2, -0.15) is 13.0 Å². The van der Waals surface area contributed by atoms with E-state index in [9.17, 15) is 8.42 Å². The third-order valence-electron chi connectivity index (χ3n) is 4.04. The van der Waals surface area contributed by atoms with Crippen molar-refractivity contribution in [1.29, 1.82) is 0 Å². The molecule has 6 heteroatoms. The van der Waals surface area contributed by atoms with Crippen molar-refractivity contribution < 1.29 is 17.5 Å². The Kier molecular flexibility index (Phi) is 3.92. The molecule has 4 nitrogen and oxygen atoms in total. The number of benzene rings is 2. The molecule has 0 aliphatic rings. The van der Waals surface area contributed by atoms with Gasteiger partial charge in [-0.25, -0.2) is 0 Å². The Labute approximate surface area is 133 Å². The highest BCUT2D eigenvalue weighted by atomic mass is 32.2. The molecule has 0 saturated heterocycles. The molecule has 0 aliphatic heterocycles. The van der Waals surface area contributed by atoms with Gasteiger partial charge in [0.15, 0.2) is 6.54 Å². The first-order chi connectivity index (χ1) is 10.4. The van der Waals surface area contributed by atoms with Crippen LogP contribution in [0.1, 0.15) is 18.4 Å². The molecule has 1 heterocycles. The molecule has 0 spiro atoms. The first kappa shape index (κ1) is 15.4. The van der Waals surface area contributed by atoms with Crippen LogP contribution in [-0.2, 0) is 16.7 Å². The molecule has 0 fully saturated rings. The van der Waals surface area contributed by atoms with Gasteiger partial charge < -0.3 is 0 Å². The molecule has 0 saturated carbocycles. The Balaban J connectivity index is 2.09. The molecular weight excluding hydrogens is 318 g/mol. The van der Waals surface area contributed by atoms with E-state index in [1.807, 2.05) is 19.1 Å². The zero-order chi connectivity index (χ0) is 15.9. The molecule has 0 bridgehead atoms. The smallest absolute Gasteiger partial charge is 0.267 e. The lowest BCUT2D eigenvalue weighted by Gasteiger charge is -2.05. The monoisotopic (exact) mass is 336 g/mol. The van der Waals surface area contributed by atoms with E-state index in [0.29, 0.717) is 13.0 Å². The minimum absolute atomic E-state index is 0.388. The van der Waals surface area contributed by atoms with Gasteiger partial charge in [-0.1, -0.05) is 35.6 Å². The normalized spacial score (nSPS) is 13.8. The van der Waals surface area contributed by atoms with E-state index >= 15 is 0 Å². The fraction of sp³-hybridized carbons (Fsp3) is 0.312. The molecule has 1 atom stereocenters. The molecule has 0 amide bonds. The average Bonchev–Trinajstić information content (AvgIpc) is 2.79. The number of hydrogen-bond donors (Lipinski definition) is 1. The number of rotatable bonds is 4. The van der Waals surface area contributed by atoms with Crippen molar-refractivity contribution in [2.24, 2.45) is 0 Å². The van der Waals surface area contributed by atoms with Crippen LogP contribution < -0.4 is 4.57 Å². The number of nitrogens with zero attached hydrogens (tertiary/aromatic N) is 1. The van der Waals surface area contributed by atoms with Crippen molar-refractivity contribution in [2.45, 2.75) is 32.1 Å². The highest BCUT2D eigenvalue weighted by Crippen LogP contribution is 2.28. The molecule has 2 aromatic carbocycles. The van der Waals surface area contributed by atoms with Gasteiger partial charge in [0.25, 0.3) is 10.1 Å². The summed E-state index contributed by atoms with van der Waals surface area (Å²) < 4.78 is 34.9.